The lowest BCUT2D eigenvalue weighted by atomic mass is 10.00. The van der Waals surface area contributed by atoms with E-state index in [2.05, 4.69) is 4.90 Å². The fourth-order valence-electron chi connectivity index (χ4n) is 2.61. The summed E-state index contributed by atoms with van der Waals surface area (Å²) in [6, 6.07) is -0.181. The minimum Gasteiger partial charge on any atom is -0.481 e. The Bertz CT molecular complexity index is 334. The van der Waals surface area contributed by atoms with Gasteiger partial charge < -0.3 is 19.8 Å². The Morgan fingerprint density at radius 1 is 1.20 bits per heavy atom. The Morgan fingerprint density at radius 2 is 1.90 bits per heavy atom. The van der Waals surface area contributed by atoms with Gasteiger partial charge in [0.15, 0.2) is 0 Å². The van der Waals surface area contributed by atoms with Gasteiger partial charge >= 0.3 is 12.0 Å². The number of hydrogen-bond donors (Lipinski definition) is 1. The third-order valence-corrected chi connectivity index (χ3v) is 3.71. The van der Waals surface area contributed by atoms with Gasteiger partial charge in [0, 0.05) is 26.2 Å². The third-order valence-electron chi connectivity index (χ3n) is 3.71. The second kappa shape index (κ2) is 8.09. The highest BCUT2D eigenvalue weighted by molar-refractivity contribution is 5.76. The van der Waals surface area contributed by atoms with Crippen molar-refractivity contribution in [2.24, 2.45) is 0 Å². The lowest BCUT2D eigenvalue weighted by Gasteiger charge is -2.37. The van der Waals surface area contributed by atoms with Crippen molar-refractivity contribution >= 4 is 12.0 Å². The number of rotatable bonds is 6. The zero-order chi connectivity index (χ0) is 15.1. The molecule has 0 aromatic carbocycles. The monoisotopic (exact) mass is 285 g/mol. The molecule has 1 unspecified atom stereocenters. The van der Waals surface area contributed by atoms with E-state index in [0.717, 1.165) is 32.2 Å². The molecule has 0 aliphatic carbocycles. The van der Waals surface area contributed by atoms with Gasteiger partial charge in [-0.15, -0.1) is 0 Å². The molecular formula is C14H27N3O3. The first-order valence-electron chi connectivity index (χ1n) is 7.30. The lowest BCUT2D eigenvalue weighted by Crippen LogP contribution is -2.50. The van der Waals surface area contributed by atoms with Crippen LogP contribution in [-0.4, -0.2) is 78.6 Å². The van der Waals surface area contributed by atoms with E-state index in [4.69, 9.17) is 5.11 Å². The summed E-state index contributed by atoms with van der Waals surface area (Å²) in [6.45, 7) is 2.32. The summed E-state index contributed by atoms with van der Waals surface area (Å²) in [6.07, 6.45) is 3.74. The van der Waals surface area contributed by atoms with Crippen LogP contribution in [0, 0.1) is 0 Å². The van der Waals surface area contributed by atoms with Crippen LogP contribution in [0.1, 0.15) is 32.1 Å². The van der Waals surface area contributed by atoms with Gasteiger partial charge in [0.2, 0.25) is 0 Å². The smallest absolute Gasteiger partial charge is 0.320 e. The fraction of sp³-hybridized carbons (Fsp3) is 0.857. The maximum Gasteiger partial charge on any atom is 0.320 e. The SMILES string of the molecule is CN(C)CCCN(C)C(=O)N1CCCCC1CC(=O)O. The number of piperidine rings is 1. The van der Waals surface area contributed by atoms with Crippen molar-refractivity contribution in [2.45, 2.75) is 38.1 Å². The number of nitrogens with zero attached hydrogens (tertiary/aromatic N) is 3. The molecule has 1 heterocycles. The molecule has 0 spiro atoms. The zero-order valence-corrected chi connectivity index (χ0v) is 12.8. The minimum absolute atomic E-state index is 0.0327. The number of amides is 2. The summed E-state index contributed by atoms with van der Waals surface area (Å²) in [5, 5.41) is 8.95. The maximum atomic E-state index is 12.4. The third kappa shape index (κ3) is 5.36. The molecule has 1 saturated heterocycles. The van der Waals surface area contributed by atoms with Crippen LogP contribution < -0.4 is 0 Å². The predicted molar refractivity (Wildman–Crippen MR) is 77.8 cm³/mol. The Hall–Kier alpha value is -1.30. The van der Waals surface area contributed by atoms with Gasteiger partial charge in [-0.1, -0.05) is 0 Å². The van der Waals surface area contributed by atoms with Crippen LogP contribution in [0.25, 0.3) is 0 Å². The van der Waals surface area contributed by atoms with E-state index < -0.39 is 5.97 Å². The quantitative estimate of drug-likeness (QED) is 0.799. The minimum atomic E-state index is -0.829. The molecule has 6 nitrogen and oxygen atoms in total. The Kier molecular flexibility index (Phi) is 6.78. The number of carboxylic acid groups (broad SMARTS) is 1. The van der Waals surface area contributed by atoms with Crippen molar-refractivity contribution < 1.29 is 14.7 Å². The highest BCUT2D eigenvalue weighted by Gasteiger charge is 2.29. The molecule has 1 rings (SSSR count). The molecule has 1 aliphatic heterocycles. The van der Waals surface area contributed by atoms with Crippen LogP contribution in [0.2, 0.25) is 0 Å². The topological polar surface area (TPSA) is 64.1 Å². The van der Waals surface area contributed by atoms with Crippen LogP contribution in [-0.2, 0) is 4.79 Å². The van der Waals surface area contributed by atoms with Crippen molar-refractivity contribution in [3.8, 4) is 0 Å². The summed E-state index contributed by atoms with van der Waals surface area (Å²) < 4.78 is 0. The molecule has 116 valence electrons. The van der Waals surface area contributed by atoms with E-state index in [9.17, 15) is 9.59 Å². The zero-order valence-electron chi connectivity index (χ0n) is 12.8. The van der Waals surface area contributed by atoms with Gasteiger partial charge in [0.05, 0.1) is 6.42 Å². The second-order valence-corrected chi connectivity index (χ2v) is 5.80. The maximum absolute atomic E-state index is 12.4. The van der Waals surface area contributed by atoms with Gasteiger partial charge in [-0.25, -0.2) is 4.79 Å². The van der Waals surface area contributed by atoms with E-state index >= 15 is 0 Å². The molecule has 2 amide bonds. The summed E-state index contributed by atoms with van der Waals surface area (Å²) in [7, 11) is 5.81. The van der Waals surface area contributed by atoms with E-state index in [1.54, 1.807) is 16.8 Å². The number of carbonyl (C=O) groups is 2. The first kappa shape index (κ1) is 16.8. The summed E-state index contributed by atoms with van der Waals surface area (Å²) in [5.74, 6) is -0.829. The van der Waals surface area contributed by atoms with Crippen LogP contribution in [0.3, 0.4) is 0 Å². The Morgan fingerprint density at radius 3 is 2.50 bits per heavy atom. The molecule has 0 aromatic rings. The Labute approximate surface area is 121 Å². The fourth-order valence-corrected chi connectivity index (χ4v) is 2.61. The molecule has 0 bridgehead atoms. The second-order valence-electron chi connectivity index (χ2n) is 5.80. The predicted octanol–water partition coefficient (Wildman–Crippen LogP) is 1.32. The molecule has 1 fully saturated rings. The molecule has 1 atom stereocenters. The number of carboxylic acids is 1. The number of likely N-dealkylation sites (tertiary alicyclic amines) is 1. The summed E-state index contributed by atoms with van der Waals surface area (Å²) >= 11 is 0. The van der Waals surface area contributed by atoms with E-state index in [1.807, 2.05) is 14.1 Å². The van der Waals surface area contributed by atoms with Crippen LogP contribution >= 0.6 is 0 Å². The van der Waals surface area contributed by atoms with Crippen molar-refractivity contribution in [3.05, 3.63) is 0 Å². The summed E-state index contributed by atoms with van der Waals surface area (Å²) in [4.78, 5) is 28.9. The van der Waals surface area contributed by atoms with Crippen molar-refractivity contribution in [1.82, 2.24) is 14.7 Å². The van der Waals surface area contributed by atoms with Crippen LogP contribution in [0.15, 0.2) is 0 Å². The van der Waals surface area contributed by atoms with Gasteiger partial charge in [-0.2, -0.15) is 0 Å². The van der Waals surface area contributed by atoms with E-state index in [1.165, 1.54) is 0 Å². The molecule has 20 heavy (non-hydrogen) atoms. The average molecular weight is 285 g/mol. The summed E-state index contributed by atoms with van der Waals surface area (Å²) in [5.41, 5.74) is 0. The van der Waals surface area contributed by atoms with Crippen molar-refractivity contribution in [2.75, 3.05) is 40.8 Å². The normalized spacial score (nSPS) is 19.2. The average Bonchev–Trinajstić information content (AvgIpc) is 2.37. The van der Waals surface area contributed by atoms with E-state index in [0.29, 0.717) is 13.1 Å². The standard InChI is InChI=1S/C14H27N3O3/c1-15(2)8-6-9-16(3)14(20)17-10-5-4-7-12(17)11-13(18)19/h12H,4-11H2,1-3H3,(H,18,19). The van der Waals surface area contributed by atoms with Gasteiger partial charge in [0.1, 0.15) is 0 Å². The van der Waals surface area contributed by atoms with Crippen molar-refractivity contribution in [1.29, 1.82) is 0 Å². The number of hydrogen-bond acceptors (Lipinski definition) is 3. The number of carbonyl (C=O) groups excluding carboxylic acids is 1. The molecule has 0 radical (unpaired) electrons. The number of aliphatic carboxylic acids is 1. The highest BCUT2D eigenvalue weighted by Crippen LogP contribution is 2.21. The highest BCUT2D eigenvalue weighted by atomic mass is 16.4. The van der Waals surface area contributed by atoms with Crippen LogP contribution in [0.5, 0.6) is 0 Å². The molecule has 1 N–H and O–H groups in total. The lowest BCUT2D eigenvalue weighted by molar-refractivity contribution is -0.138. The van der Waals surface area contributed by atoms with E-state index in [-0.39, 0.29) is 18.5 Å². The largest absolute Gasteiger partial charge is 0.481 e. The van der Waals surface area contributed by atoms with Gasteiger partial charge in [-0.05, 0) is 46.3 Å². The van der Waals surface area contributed by atoms with Crippen molar-refractivity contribution in [3.63, 3.8) is 0 Å². The van der Waals surface area contributed by atoms with Gasteiger partial charge in [0.25, 0.3) is 0 Å². The first-order valence-corrected chi connectivity index (χ1v) is 7.30. The molecule has 6 heteroatoms. The van der Waals surface area contributed by atoms with Gasteiger partial charge in [-0.3, -0.25) is 4.79 Å². The molecule has 0 saturated carbocycles. The van der Waals surface area contributed by atoms with Crippen LogP contribution in [0.4, 0.5) is 4.79 Å². The molecular weight excluding hydrogens is 258 g/mol. The molecule has 1 aliphatic rings. The molecule has 0 aromatic heterocycles. The first-order chi connectivity index (χ1) is 9.41. The Balaban J connectivity index is 2.51. The number of urea groups is 1.